The van der Waals surface area contributed by atoms with E-state index in [0.29, 0.717) is 25.2 Å². The van der Waals surface area contributed by atoms with E-state index in [0.717, 1.165) is 25.7 Å². The van der Waals surface area contributed by atoms with E-state index in [4.69, 9.17) is 15.9 Å². The maximum atomic E-state index is 12.8. The van der Waals surface area contributed by atoms with Gasteiger partial charge in [0.05, 0.1) is 0 Å². The van der Waals surface area contributed by atoms with E-state index in [1.807, 2.05) is 13.8 Å². The Morgan fingerprint density at radius 2 is 1.86 bits per heavy atom. The maximum Gasteiger partial charge on any atom is 0.326 e. The van der Waals surface area contributed by atoms with Crippen LogP contribution in [0, 0.1) is 18.8 Å². The fourth-order valence-electron chi connectivity index (χ4n) is 4.36. The Morgan fingerprint density at radius 3 is 2.46 bits per heavy atom. The lowest BCUT2D eigenvalue weighted by Crippen LogP contribution is -2.41. The van der Waals surface area contributed by atoms with E-state index >= 15 is 0 Å². The second-order valence-electron chi connectivity index (χ2n) is 9.73. The second-order valence-corrected chi connectivity index (χ2v) is 9.73. The molecule has 2 amide bonds. The molecule has 0 aliphatic heterocycles. The Bertz CT molecular complexity index is 887. The van der Waals surface area contributed by atoms with Crippen LogP contribution in [0.25, 0.3) is 0 Å². The number of carbonyl (C=O) groups excluding carboxylic acids is 2. The highest BCUT2D eigenvalue weighted by Crippen LogP contribution is 2.28. The van der Waals surface area contributed by atoms with Crippen molar-refractivity contribution < 1.29 is 23.9 Å². The van der Waals surface area contributed by atoms with Gasteiger partial charge in [-0.05, 0) is 50.9 Å². The number of carboxylic acids is 1. The molecule has 7 N–H and O–H groups in total. The molecule has 0 spiro atoms. The molecule has 1 aliphatic carbocycles. The van der Waals surface area contributed by atoms with Gasteiger partial charge in [-0.25, -0.2) is 9.78 Å². The normalized spacial score (nSPS) is 15.9. The predicted molar refractivity (Wildman–Crippen MR) is 132 cm³/mol. The van der Waals surface area contributed by atoms with Crippen molar-refractivity contribution in [2.24, 2.45) is 28.3 Å². The van der Waals surface area contributed by atoms with Crippen molar-refractivity contribution in [3.8, 4) is 0 Å². The lowest BCUT2D eigenvalue weighted by atomic mass is 9.86. The number of nitrogens with two attached hydrogens (primary N) is 2. The molecular formula is C24H40N6O5. The van der Waals surface area contributed by atoms with Gasteiger partial charge in [-0.1, -0.05) is 33.1 Å². The number of carbonyl (C=O) groups is 3. The quantitative estimate of drug-likeness (QED) is 0.158. The molecule has 11 heteroatoms. The number of aliphatic carboxylic acids is 1. The van der Waals surface area contributed by atoms with E-state index in [2.05, 4.69) is 20.6 Å². The van der Waals surface area contributed by atoms with Gasteiger partial charge < -0.3 is 31.6 Å². The number of carboxylic acid groups (broad SMARTS) is 1. The maximum absolute atomic E-state index is 12.8. The number of hydrogen-bond donors (Lipinski definition) is 5. The Hall–Kier alpha value is -3.11. The highest BCUT2D eigenvalue weighted by Gasteiger charge is 2.28. The van der Waals surface area contributed by atoms with Crippen molar-refractivity contribution in [2.75, 3.05) is 6.54 Å². The standard InChI is InChI=1S/C24H40N6O5/c1-14(2)12-18(28-19(31)13-16-8-5-4-6-9-16)22-30-20(15(3)35-22)21(32)29-17(23(33)34)10-7-11-27-24(25)26/h14,16-18H,4-13H2,1-3H3,(H,28,31)(H,29,32)(H,33,34)(H4,25,26,27)/t17-,18-/m0/s1. The van der Waals surface area contributed by atoms with Crippen LogP contribution >= 0.6 is 0 Å². The molecule has 0 unspecified atom stereocenters. The van der Waals surface area contributed by atoms with Gasteiger partial charge in [0, 0.05) is 13.0 Å². The molecule has 0 saturated heterocycles. The zero-order valence-electron chi connectivity index (χ0n) is 21.0. The van der Waals surface area contributed by atoms with Crippen LogP contribution in [0.4, 0.5) is 0 Å². The topological polar surface area (TPSA) is 186 Å². The van der Waals surface area contributed by atoms with Crippen LogP contribution in [-0.4, -0.2) is 46.4 Å². The van der Waals surface area contributed by atoms with Crippen molar-refractivity contribution in [2.45, 2.75) is 90.6 Å². The monoisotopic (exact) mass is 492 g/mol. The summed E-state index contributed by atoms with van der Waals surface area (Å²) >= 11 is 0. The number of amides is 2. The van der Waals surface area contributed by atoms with Crippen LogP contribution in [0.1, 0.15) is 99.8 Å². The van der Waals surface area contributed by atoms with Gasteiger partial charge in [0.25, 0.3) is 5.91 Å². The highest BCUT2D eigenvalue weighted by atomic mass is 16.4. The molecule has 1 fully saturated rings. The van der Waals surface area contributed by atoms with Crippen LogP contribution in [0.3, 0.4) is 0 Å². The third kappa shape index (κ3) is 9.58. The first kappa shape index (κ1) is 28.1. The Labute approximate surface area is 206 Å². The van der Waals surface area contributed by atoms with Gasteiger partial charge in [0.2, 0.25) is 11.8 Å². The third-order valence-electron chi connectivity index (χ3n) is 6.12. The van der Waals surface area contributed by atoms with E-state index in [1.54, 1.807) is 6.92 Å². The van der Waals surface area contributed by atoms with Gasteiger partial charge in [-0.3, -0.25) is 14.6 Å². The van der Waals surface area contributed by atoms with Gasteiger partial charge in [0.1, 0.15) is 17.8 Å². The van der Waals surface area contributed by atoms with Crippen molar-refractivity contribution in [3.63, 3.8) is 0 Å². The first-order valence-electron chi connectivity index (χ1n) is 12.4. The summed E-state index contributed by atoms with van der Waals surface area (Å²) in [5, 5.41) is 15.0. The second kappa shape index (κ2) is 13.7. The molecule has 1 aromatic rings. The SMILES string of the molecule is Cc1oc([C@H](CC(C)C)NC(=O)CC2CCCCC2)nc1C(=O)N[C@@H](CCCN=C(N)N)C(=O)O. The van der Waals surface area contributed by atoms with Gasteiger partial charge >= 0.3 is 5.97 Å². The van der Waals surface area contributed by atoms with Crippen LogP contribution < -0.4 is 22.1 Å². The summed E-state index contributed by atoms with van der Waals surface area (Å²) in [4.78, 5) is 45.3. The fourth-order valence-corrected chi connectivity index (χ4v) is 4.36. The van der Waals surface area contributed by atoms with Crippen LogP contribution in [0.5, 0.6) is 0 Å². The van der Waals surface area contributed by atoms with Gasteiger partial charge in [-0.2, -0.15) is 0 Å². The molecule has 1 aromatic heterocycles. The summed E-state index contributed by atoms with van der Waals surface area (Å²) in [6.07, 6.45) is 7.29. The van der Waals surface area contributed by atoms with Crippen molar-refractivity contribution in [1.82, 2.24) is 15.6 Å². The van der Waals surface area contributed by atoms with E-state index < -0.39 is 24.0 Å². The minimum atomic E-state index is -1.17. The molecular weight excluding hydrogens is 452 g/mol. The molecule has 0 radical (unpaired) electrons. The third-order valence-corrected chi connectivity index (χ3v) is 6.12. The van der Waals surface area contributed by atoms with Crippen LogP contribution in [0.2, 0.25) is 0 Å². The lowest BCUT2D eigenvalue weighted by Gasteiger charge is -2.23. The summed E-state index contributed by atoms with van der Waals surface area (Å²) in [5.41, 5.74) is 10.6. The van der Waals surface area contributed by atoms with Crippen LogP contribution in [0.15, 0.2) is 9.41 Å². The molecule has 0 aromatic carbocycles. The van der Waals surface area contributed by atoms with Crippen molar-refractivity contribution in [1.29, 1.82) is 0 Å². The molecule has 196 valence electrons. The van der Waals surface area contributed by atoms with Crippen LogP contribution in [-0.2, 0) is 9.59 Å². The number of rotatable bonds is 13. The van der Waals surface area contributed by atoms with E-state index in [-0.39, 0.29) is 48.1 Å². The lowest BCUT2D eigenvalue weighted by molar-refractivity contribution is -0.139. The Balaban J connectivity index is 2.07. The zero-order chi connectivity index (χ0) is 26.0. The first-order valence-corrected chi connectivity index (χ1v) is 12.4. The van der Waals surface area contributed by atoms with Crippen molar-refractivity contribution in [3.05, 3.63) is 17.3 Å². The number of aromatic nitrogens is 1. The van der Waals surface area contributed by atoms with Crippen molar-refractivity contribution >= 4 is 23.7 Å². The molecule has 35 heavy (non-hydrogen) atoms. The average molecular weight is 493 g/mol. The minimum Gasteiger partial charge on any atom is -0.480 e. The zero-order valence-corrected chi connectivity index (χ0v) is 21.0. The number of oxazole rings is 1. The van der Waals surface area contributed by atoms with Gasteiger partial charge in [-0.15, -0.1) is 0 Å². The minimum absolute atomic E-state index is 0.00533. The molecule has 1 saturated carbocycles. The number of nitrogens with zero attached hydrogens (tertiary/aromatic N) is 2. The number of aliphatic imine (C=N–C) groups is 1. The predicted octanol–water partition coefficient (Wildman–Crippen LogP) is 2.39. The van der Waals surface area contributed by atoms with E-state index in [1.165, 1.54) is 6.42 Å². The average Bonchev–Trinajstić information content (AvgIpc) is 3.17. The number of hydrogen-bond acceptors (Lipinski definition) is 6. The van der Waals surface area contributed by atoms with Gasteiger partial charge in [0.15, 0.2) is 11.7 Å². The summed E-state index contributed by atoms with van der Waals surface area (Å²) < 4.78 is 5.78. The molecule has 2 atom stereocenters. The summed E-state index contributed by atoms with van der Waals surface area (Å²) in [6.45, 7) is 5.91. The molecule has 2 rings (SSSR count). The molecule has 0 bridgehead atoms. The number of aryl methyl sites for hydroxylation is 1. The number of guanidine groups is 1. The first-order chi connectivity index (χ1) is 16.6. The summed E-state index contributed by atoms with van der Waals surface area (Å²) in [5.74, 6) is -0.780. The fraction of sp³-hybridized carbons (Fsp3) is 0.708. The Morgan fingerprint density at radius 1 is 1.17 bits per heavy atom. The smallest absolute Gasteiger partial charge is 0.326 e. The summed E-state index contributed by atoms with van der Waals surface area (Å²) in [6, 6.07) is -1.60. The largest absolute Gasteiger partial charge is 0.480 e. The molecule has 11 nitrogen and oxygen atoms in total. The Kier molecular flexibility index (Phi) is 11.0. The highest BCUT2D eigenvalue weighted by molar-refractivity contribution is 5.95. The number of nitrogens with one attached hydrogen (secondary N) is 2. The molecule has 1 heterocycles. The van der Waals surface area contributed by atoms with E-state index in [9.17, 15) is 19.5 Å². The summed E-state index contributed by atoms with van der Waals surface area (Å²) in [7, 11) is 0. The molecule has 1 aliphatic rings.